The summed E-state index contributed by atoms with van der Waals surface area (Å²) in [6, 6.07) is 4.51. The Morgan fingerprint density at radius 2 is 1.01 bits per heavy atom. The van der Waals surface area contributed by atoms with Crippen molar-refractivity contribution in [2.45, 2.75) is 183 Å². The minimum Gasteiger partial charge on any atom is -0.370 e. The third kappa shape index (κ3) is 27.5. The summed E-state index contributed by atoms with van der Waals surface area (Å²) in [6.45, 7) is 3.86. The van der Waals surface area contributed by atoms with Gasteiger partial charge in [-0.2, -0.15) is 11.8 Å². The summed E-state index contributed by atoms with van der Waals surface area (Å²) >= 11 is 1.45. The third-order valence-electron chi connectivity index (χ3n) is 16.0. The molecule has 2 aromatic rings. The molecular formula is C63H98N18O13S. The van der Waals surface area contributed by atoms with Gasteiger partial charge in [0.15, 0.2) is 5.96 Å². The van der Waals surface area contributed by atoms with Crippen LogP contribution in [0.4, 0.5) is 0 Å². The number of guanidine groups is 1. The predicted octanol–water partition coefficient (Wildman–Crippen LogP) is -3.71. The molecule has 10 atom stereocenters. The van der Waals surface area contributed by atoms with Crippen molar-refractivity contribution in [3.05, 3.63) is 71.8 Å². The zero-order valence-corrected chi connectivity index (χ0v) is 55.3. The second kappa shape index (κ2) is 41.0. The number of hydrogen-bond donors (Lipinski definition) is 15. The lowest BCUT2D eigenvalue weighted by Gasteiger charge is -2.32. The Bertz CT molecular complexity index is 2960. The van der Waals surface area contributed by atoms with Crippen molar-refractivity contribution < 1.29 is 62.3 Å². The number of aliphatic imine (C=N–C) groups is 1. The summed E-state index contributed by atoms with van der Waals surface area (Å²) in [5, 5.41) is 21.1. The lowest BCUT2D eigenvalue weighted by atomic mass is 10.0. The topological polar surface area (TPSA) is 519 Å². The molecule has 0 saturated carbocycles. The quantitative estimate of drug-likeness (QED) is 0.0173. The number of rotatable bonds is 42. The van der Waals surface area contributed by atoms with Crippen LogP contribution in [0.3, 0.4) is 0 Å². The first-order valence-corrected chi connectivity index (χ1v) is 33.6. The average Bonchev–Trinajstić information content (AvgIpc) is 1.74. The second-order valence-electron chi connectivity index (χ2n) is 24.1. The van der Waals surface area contributed by atoms with E-state index in [0.717, 1.165) is 0 Å². The Labute approximate surface area is 558 Å². The Balaban J connectivity index is 1.56. The molecule has 0 spiro atoms. The minimum absolute atomic E-state index is 0.0736. The normalized spacial score (nSPS) is 16.8. The number of likely N-dealkylation sites (tertiary alicyclic amines) is 2. The van der Waals surface area contributed by atoms with Crippen molar-refractivity contribution in [1.29, 1.82) is 0 Å². The van der Waals surface area contributed by atoms with Crippen LogP contribution in [-0.2, 0) is 75.2 Å². The zero-order valence-electron chi connectivity index (χ0n) is 54.5. The van der Waals surface area contributed by atoms with Crippen LogP contribution in [0.25, 0.3) is 0 Å². The maximum atomic E-state index is 14.7. The summed E-state index contributed by atoms with van der Waals surface area (Å²) in [4.78, 5) is 185. The number of carbonyl (C=O) groups is 13. The molecule has 2 saturated heterocycles. The molecule has 22 N–H and O–H groups in total. The lowest BCUT2D eigenvalue weighted by Crippen LogP contribution is -2.60. The van der Waals surface area contributed by atoms with Gasteiger partial charge in [0.05, 0.1) is 12.6 Å². The number of benzene rings is 2. The van der Waals surface area contributed by atoms with E-state index >= 15 is 0 Å². The number of nitrogens with two attached hydrogens (primary N) is 7. The predicted molar refractivity (Wildman–Crippen MR) is 356 cm³/mol. The van der Waals surface area contributed by atoms with Gasteiger partial charge in [-0.25, -0.2) is 0 Å². The van der Waals surface area contributed by atoms with E-state index in [1.165, 1.54) is 21.6 Å². The summed E-state index contributed by atoms with van der Waals surface area (Å²) < 4.78 is 0. The largest absolute Gasteiger partial charge is 0.370 e. The van der Waals surface area contributed by atoms with Gasteiger partial charge in [-0.3, -0.25) is 67.3 Å². The van der Waals surface area contributed by atoms with E-state index in [9.17, 15) is 62.3 Å². The number of primary amides is 3. The first kappa shape index (κ1) is 78.5. The van der Waals surface area contributed by atoms with Crippen LogP contribution >= 0.6 is 11.8 Å². The van der Waals surface area contributed by atoms with Crippen LogP contribution in [0.15, 0.2) is 65.7 Å². The fourth-order valence-electron chi connectivity index (χ4n) is 11.0. The molecule has 2 aromatic carbocycles. The Morgan fingerprint density at radius 3 is 1.51 bits per heavy atom. The maximum absolute atomic E-state index is 14.7. The van der Waals surface area contributed by atoms with E-state index < -0.39 is 169 Å². The van der Waals surface area contributed by atoms with E-state index in [0.29, 0.717) is 55.4 Å². The first-order chi connectivity index (χ1) is 45.2. The second-order valence-corrected chi connectivity index (χ2v) is 25.1. The molecule has 0 radical (unpaired) electrons. The summed E-state index contributed by atoms with van der Waals surface area (Å²) in [6.07, 6.45) is 3.12. The van der Waals surface area contributed by atoms with E-state index in [-0.39, 0.29) is 83.0 Å². The molecule has 2 fully saturated rings. The van der Waals surface area contributed by atoms with E-state index in [2.05, 4.69) is 47.5 Å². The van der Waals surface area contributed by atoms with Gasteiger partial charge in [-0.15, -0.1) is 0 Å². The van der Waals surface area contributed by atoms with Crippen molar-refractivity contribution in [1.82, 2.24) is 52.3 Å². The molecule has 2 heterocycles. The highest BCUT2D eigenvalue weighted by molar-refractivity contribution is 7.98. The molecule has 0 unspecified atom stereocenters. The van der Waals surface area contributed by atoms with Crippen molar-refractivity contribution in [3.63, 3.8) is 0 Å². The monoisotopic (exact) mass is 1350 g/mol. The molecule has 0 bridgehead atoms. The van der Waals surface area contributed by atoms with E-state index in [1.54, 1.807) is 60.7 Å². The van der Waals surface area contributed by atoms with Crippen LogP contribution in [0.1, 0.15) is 121 Å². The van der Waals surface area contributed by atoms with Crippen molar-refractivity contribution >= 4 is 94.5 Å². The molecule has 0 aliphatic carbocycles. The summed E-state index contributed by atoms with van der Waals surface area (Å²) in [7, 11) is 0. The smallest absolute Gasteiger partial charge is 0.245 e. The van der Waals surface area contributed by atoms with Gasteiger partial charge < -0.3 is 92.5 Å². The first-order valence-electron chi connectivity index (χ1n) is 32.2. The third-order valence-corrected chi connectivity index (χ3v) is 16.7. The van der Waals surface area contributed by atoms with Crippen molar-refractivity contribution in [2.75, 3.05) is 44.7 Å². The Kier molecular flexibility index (Phi) is 33.9. The molecule has 4 rings (SSSR count). The number of hydrogen-bond acceptors (Lipinski definition) is 17. The summed E-state index contributed by atoms with van der Waals surface area (Å²) in [5.41, 5.74) is 40.6. The number of thioether (sulfide) groups is 1. The fourth-order valence-corrected chi connectivity index (χ4v) is 11.5. The molecular weight excluding hydrogens is 1250 g/mol. The number of nitrogens with one attached hydrogen (secondary N) is 8. The average molecular weight is 1350 g/mol. The van der Waals surface area contributed by atoms with Crippen LogP contribution in [0.5, 0.6) is 0 Å². The molecule has 0 aromatic heterocycles. The molecule has 31 nitrogen and oxygen atoms in total. The molecule has 13 amide bonds. The molecule has 2 aliphatic rings. The van der Waals surface area contributed by atoms with Gasteiger partial charge >= 0.3 is 0 Å². The fraction of sp³-hybridized carbons (Fsp3) is 0.587. The molecule has 32 heteroatoms. The van der Waals surface area contributed by atoms with Gasteiger partial charge in [0.1, 0.15) is 54.4 Å². The highest BCUT2D eigenvalue weighted by atomic mass is 32.2. The maximum Gasteiger partial charge on any atom is 0.245 e. The summed E-state index contributed by atoms with van der Waals surface area (Å²) in [5.74, 6) is -9.80. The van der Waals surface area contributed by atoms with E-state index in [1.807, 2.05) is 20.1 Å². The van der Waals surface area contributed by atoms with Crippen LogP contribution in [-0.4, -0.2) is 198 Å². The van der Waals surface area contributed by atoms with Crippen molar-refractivity contribution in [3.8, 4) is 0 Å². The number of unbranched alkanes of at least 4 members (excludes halogenated alkanes) is 1. The van der Waals surface area contributed by atoms with Gasteiger partial charge in [0.2, 0.25) is 76.8 Å². The van der Waals surface area contributed by atoms with Crippen molar-refractivity contribution in [2.24, 2.45) is 51.0 Å². The molecule has 524 valence electrons. The zero-order chi connectivity index (χ0) is 70.1. The van der Waals surface area contributed by atoms with Gasteiger partial charge in [-0.1, -0.05) is 74.5 Å². The number of carbonyl (C=O) groups excluding carboxylic acids is 13. The van der Waals surface area contributed by atoms with Crippen LogP contribution in [0, 0.1) is 5.92 Å². The molecule has 95 heavy (non-hydrogen) atoms. The minimum atomic E-state index is -1.64. The number of nitrogens with zero attached hydrogens (tertiary/aromatic N) is 3. The lowest BCUT2D eigenvalue weighted by molar-refractivity contribution is -0.144. The number of amides is 13. The van der Waals surface area contributed by atoms with Crippen LogP contribution < -0.4 is 82.7 Å². The Morgan fingerprint density at radius 1 is 0.537 bits per heavy atom. The SMILES string of the molecule is CSCC[C@H](NC(=O)[C@@H](CC(C)C)NC(=O)CNC(=O)[C@H](Cc1ccccc1)NC(=O)[C@@H](Cc1ccccc1)NC(=O)[C@@H](CCC(N)=O)NC(=O)[C@H](CCC(N)=O)NC(=O)[C@@H]1CCCN1C(=O)[C@H](CCCCN)NC(=O)[C@@H]1CCCN1C(=O)[C@H](N)CCCN=C(N)N)C(N)=O. The molecule has 2 aliphatic heterocycles. The van der Waals surface area contributed by atoms with Gasteiger partial charge in [0, 0.05) is 45.3 Å². The standard InChI is InChI=1S/C63H98N18O13S/c1-37(2)33-45(57(89)74-41(53(68)85)27-32-95-3)73-52(84)36-72-54(86)46(34-38-15-6-4-7-16-38)78-58(90)47(35-39-17-8-5-9-18-39)79-56(88)42(23-25-50(66)82)75-55(87)43(24-26-51(67)83)76-59(91)49-22-14-31-81(49)62(94)44(20-10-11-28-64)77-60(92)48-21-13-30-80(48)61(93)40(65)19-12-29-71-63(69)70/h4-9,15-18,37,40-49H,10-14,19-36,64-65H2,1-3H3,(H2,66,82)(H2,67,83)(H2,68,85)(H,72,86)(H,73,84)(H,74,89)(H,75,87)(H,76,91)(H,77,92)(H,78,90)(H,79,88)(H4,69,70,71)/t40-,41+,42-,43+,44+,45-,46+,47-,48+,49+/m1/s1. The highest BCUT2D eigenvalue weighted by Gasteiger charge is 2.42. The Hall–Kier alpha value is -8.91. The van der Waals surface area contributed by atoms with Crippen LogP contribution in [0.2, 0.25) is 0 Å². The van der Waals surface area contributed by atoms with Gasteiger partial charge in [0.25, 0.3) is 0 Å². The van der Waals surface area contributed by atoms with Gasteiger partial charge in [-0.05, 0) is 119 Å². The highest BCUT2D eigenvalue weighted by Crippen LogP contribution is 2.24. The van der Waals surface area contributed by atoms with E-state index in [4.69, 9.17) is 40.1 Å².